The number of carbonyl (C=O) groups excluding carboxylic acids is 1. The van der Waals surface area contributed by atoms with Crippen LogP contribution in [0.2, 0.25) is 0 Å². The van der Waals surface area contributed by atoms with E-state index in [0.29, 0.717) is 0 Å². The highest BCUT2D eigenvalue weighted by Crippen LogP contribution is 2.41. The lowest BCUT2D eigenvalue weighted by molar-refractivity contribution is 0.0839. The van der Waals surface area contributed by atoms with Crippen LogP contribution in [0, 0.1) is 0 Å². The van der Waals surface area contributed by atoms with Crippen LogP contribution >= 0.6 is 0 Å². The molecule has 0 saturated heterocycles. The van der Waals surface area contributed by atoms with Crippen molar-refractivity contribution >= 4 is 5.78 Å². The lowest BCUT2D eigenvalue weighted by atomic mass is 9.65. The fourth-order valence-electron chi connectivity index (χ4n) is 3.49. The highest BCUT2D eigenvalue weighted by atomic mass is 16.1. The molecular weight excluding hydrogens is 260 g/mol. The van der Waals surface area contributed by atoms with E-state index in [-0.39, 0.29) is 11.2 Å². The van der Waals surface area contributed by atoms with E-state index in [2.05, 4.69) is 17.2 Å². The number of rotatable bonds is 4. The van der Waals surface area contributed by atoms with Gasteiger partial charge in [-0.2, -0.15) is 5.10 Å². The van der Waals surface area contributed by atoms with Gasteiger partial charge in [0.1, 0.15) is 0 Å². The molecule has 1 aromatic heterocycles. The largest absolute Gasteiger partial charge is 0.293 e. The van der Waals surface area contributed by atoms with E-state index in [1.54, 1.807) is 6.20 Å². The predicted octanol–water partition coefficient (Wildman–Crippen LogP) is 3.99. The first-order valence-electron chi connectivity index (χ1n) is 7.89. The molecule has 110 valence electrons. The molecule has 21 heavy (non-hydrogen) atoms. The van der Waals surface area contributed by atoms with Crippen LogP contribution in [0.4, 0.5) is 0 Å². The predicted molar refractivity (Wildman–Crippen MR) is 83.4 cm³/mol. The summed E-state index contributed by atoms with van der Waals surface area (Å²) >= 11 is 0. The third kappa shape index (κ3) is 2.53. The van der Waals surface area contributed by atoms with Crippen LogP contribution in [0.1, 0.15) is 54.9 Å². The fraction of sp³-hybridized carbons (Fsp3) is 0.444. The summed E-state index contributed by atoms with van der Waals surface area (Å²) in [6.45, 7) is 2.83. The number of hydrogen-bond donors (Lipinski definition) is 0. The van der Waals surface area contributed by atoms with E-state index in [1.165, 1.54) is 12.0 Å². The Labute approximate surface area is 126 Å². The van der Waals surface area contributed by atoms with Gasteiger partial charge in [0.05, 0.1) is 17.2 Å². The van der Waals surface area contributed by atoms with Gasteiger partial charge in [-0.05, 0) is 25.3 Å². The molecule has 1 heterocycles. The quantitative estimate of drug-likeness (QED) is 0.795. The summed E-state index contributed by atoms with van der Waals surface area (Å²) in [5, 5.41) is 4.27. The number of aromatic nitrogens is 2. The Bertz CT molecular complexity index is 609. The zero-order valence-corrected chi connectivity index (χ0v) is 12.6. The summed E-state index contributed by atoms with van der Waals surface area (Å²) in [7, 11) is 0. The van der Waals surface area contributed by atoms with Crippen molar-refractivity contribution in [1.29, 1.82) is 0 Å². The van der Waals surface area contributed by atoms with Crippen LogP contribution in [-0.4, -0.2) is 15.6 Å². The zero-order valence-electron chi connectivity index (χ0n) is 12.6. The smallest absolute Gasteiger partial charge is 0.176 e. The van der Waals surface area contributed by atoms with Gasteiger partial charge in [-0.15, -0.1) is 0 Å². The average Bonchev–Trinajstić information content (AvgIpc) is 3.04. The summed E-state index contributed by atoms with van der Waals surface area (Å²) in [4.78, 5) is 13.2. The number of benzene rings is 1. The first-order chi connectivity index (χ1) is 10.3. The molecule has 3 nitrogen and oxygen atoms in total. The third-order valence-electron chi connectivity index (χ3n) is 4.69. The summed E-state index contributed by atoms with van der Waals surface area (Å²) in [5.74, 6) is 0.244. The third-order valence-corrected chi connectivity index (χ3v) is 4.69. The maximum Gasteiger partial charge on any atom is 0.176 e. The van der Waals surface area contributed by atoms with Crippen LogP contribution in [0.15, 0.2) is 42.7 Å². The van der Waals surface area contributed by atoms with E-state index in [4.69, 9.17) is 0 Å². The van der Waals surface area contributed by atoms with E-state index >= 15 is 0 Å². The summed E-state index contributed by atoms with van der Waals surface area (Å²) in [6, 6.07) is 10.3. The van der Waals surface area contributed by atoms with Crippen molar-refractivity contribution < 1.29 is 4.79 Å². The van der Waals surface area contributed by atoms with Crippen molar-refractivity contribution in [3.63, 3.8) is 0 Å². The molecule has 0 amide bonds. The molecule has 1 aromatic carbocycles. The fourth-order valence-corrected chi connectivity index (χ4v) is 3.49. The first-order valence-corrected chi connectivity index (χ1v) is 7.89. The molecule has 0 radical (unpaired) electrons. The molecule has 0 spiro atoms. The highest BCUT2D eigenvalue weighted by molar-refractivity contribution is 6.03. The molecule has 1 aliphatic carbocycles. The summed E-state index contributed by atoms with van der Waals surface area (Å²) in [5.41, 5.74) is 1.57. The van der Waals surface area contributed by atoms with E-state index in [9.17, 15) is 4.79 Å². The Morgan fingerprint density at radius 1 is 1.19 bits per heavy atom. The van der Waals surface area contributed by atoms with Crippen molar-refractivity contribution in [2.24, 2.45) is 0 Å². The zero-order chi connectivity index (χ0) is 14.7. The standard InChI is InChI=1S/C18H22N2O/c1-2-20-14-15(13-19-20)17(21)18(11-7-4-8-12-18)16-9-5-3-6-10-16/h3,5-6,9-10,13-14H,2,4,7-8,11-12H2,1H3. The van der Waals surface area contributed by atoms with Gasteiger partial charge in [0.25, 0.3) is 0 Å². The van der Waals surface area contributed by atoms with Crippen LogP contribution in [-0.2, 0) is 12.0 Å². The number of nitrogens with zero attached hydrogens (tertiary/aromatic N) is 2. The van der Waals surface area contributed by atoms with Crippen molar-refractivity contribution in [3.8, 4) is 0 Å². The molecule has 3 heteroatoms. The van der Waals surface area contributed by atoms with Gasteiger partial charge >= 0.3 is 0 Å². The molecule has 0 unspecified atom stereocenters. The minimum absolute atomic E-state index is 0.244. The number of aryl methyl sites for hydroxylation is 1. The van der Waals surface area contributed by atoms with Crippen LogP contribution < -0.4 is 0 Å². The average molecular weight is 282 g/mol. The second kappa shape index (κ2) is 5.84. The highest BCUT2D eigenvalue weighted by Gasteiger charge is 2.41. The van der Waals surface area contributed by atoms with Gasteiger partial charge < -0.3 is 0 Å². The van der Waals surface area contributed by atoms with Gasteiger partial charge in [0.2, 0.25) is 0 Å². The second-order valence-electron chi connectivity index (χ2n) is 5.92. The number of ketones is 1. The van der Waals surface area contributed by atoms with Crippen molar-refractivity contribution in [1.82, 2.24) is 9.78 Å². The monoisotopic (exact) mass is 282 g/mol. The molecule has 1 saturated carbocycles. The van der Waals surface area contributed by atoms with Gasteiger partial charge in [-0.25, -0.2) is 0 Å². The molecule has 0 atom stereocenters. The van der Waals surface area contributed by atoms with E-state index in [1.807, 2.05) is 36.0 Å². The SMILES string of the molecule is CCn1cc(C(=O)C2(c3ccccc3)CCCCC2)cn1. The summed E-state index contributed by atoms with van der Waals surface area (Å²) in [6.07, 6.45) is 9.01. The van der Waals surface area contributed by atoms with Gasteiger partial charge in [0.15, 0.2) is 5.78 Å². The van der Waals surface area contributed by atoms with Crippen LogP contribution in [0.25, 0.3) is 0 Å². The molecule has 2 aromatic rings. The van der Waals surface area contributed by atoms with Crippen LogP contribution in [0.3, 0.4) is 0 Å². The lowest BCUT2D eigenvalue weighted by Crippen LogP contribution is -2.38. The molecule has 1 aliphatic rings. The number of hydrogen-bond acceptors (Lipinski definition) is 2. The molecule has 0 aliphatic heterocycles. The Hall–Kier alpha value is -1.90. The van der Waals surface area contributed by atoms with Crippen molar-refractivity contribution in [2.45, 2.75) is 51.0 Å². The van der Waals surface area contributed by atoms with Gasteiger partial charge in [-0.1, -0.05) is 49.6 Å². The van der Waals surface area contributed by atoms with E-state index < -0.39 is 0 Å². The Morgan fingerprint density at radius 2 is 1.90 bits per heavy atom. The Morgan fingerprint density at radius 3 is 2.52 bits per heavy atom. The maximum atomic E-state index is 13.2. The van der Waals surface area contributed by atoms with Crippen molar-refractivity contribution in [2.75, 3.05) is 0 Å². The number of carbonyl (C=O) groups is 1. The van der Waals surface area contributed by atoms with Gasteiger partial charge in [-0.3, -0.25) is 9.48 Å². The van der Waals surface area contributed by atoms with Crippen LogP contribution in [0.5, 0.6) is 0 Å². The molecular formula is C18H22N2O. The lowest BCUT2D eigenvalue weighted by Gasteiger charge is -2.36. The summed E-state index contributed by atoms with van der Waals surface area (Å²) < 4.78 is 1.83. The number of Topliss-reactive ketones (excluding diaryl/α,β-unsaturated/α-hetero) is 1. The van der Waals surface area contributed by atoms with Gasteiger partial charge in [0, 0.05) is 12.7 Å². The first kappa shape index (κ1) is 14.1. The topological polar surface area (TPSA) is 34.9 Å². The molecule has 3 rings (SSSR count). The second-order valence-corrected chi connectivity index (χ2v) is 5.92. The van der Waals surface area contributed by atoms with E-state index in [0.717, 1.165) is 37.8 Å². The molecule has 0 bridgehead atoms. The Balaban J connectivity index is 2.01. The normalized spacial score (nSPS) is 17.6. The molecule has 0 N–H and O–H groups in total. The molecule has 1 fully saturated rings. The Kier molecular flexibility index (Phi) is 3.91. The van der Waals surface area contributed by atoms with Crippen molar-refractivity contribution in [3.05, 3.63) is 53.9 Å². The maximum absolute atomic E-state index is 13.2. The minimum atomic E-state index is -0.346. The minimum Gasteiger partial charge on any atom is -0.293 e.